The number of piperazine rings is 1. The summed E-state index contributed by atoms with van der Waals surface area (Å²) in [4.78, 5) is 5.14. The highest BCUT2D eigenvalue weighted by Crippen LogP contribution is 2.19. The van der Waals surface area contributed by atoms with E-state index >= 15 is 0 Å². The van der Waals surface area contributed by atoms with Gasteiger partial charge in [-0.2, -0.15) is 0 Å². The Labute approximate surface area is 123 Å². The number of hydrogen-bond acceptors (Lipinski definition) is 3. The van der Waals surface area contributed by atoms with Gasteiger partial charge in [0.2, 0.25) is 0 Å². The highest BCUT2D eigenvalue weighted by Gasteiger charge is 2.17. The second-order valence-electron chi connectivity index (χ2n) is 5.64. The molecule has 2 rings (SSSR count). The second kappa shape index (κ2) is 8.28. The van der Waals surface area contributed by atoms with E-state index in [4.69, 9.17) is 4.74 Å². The van der Waals surface area contributed by atoms with E-state index in [0.29, 0.717) is 0 Å². The maximum Gasteiger partial charge on any atom is 0.123 e. The number of nitrogens with zero attached hydrogens (tertiary/aromatic N) is 2. The molecule has 1 aliphatic rings. The van der Waals surface area contributed by atoms with Crippen LogP contribution in [0.2, 0.25) is 0 Å². The summed E-state index contributed by atoms with van der Waals surface area (Å²) in [7, 11) is 1.75. The maximum atomic E-state index is 5.44. The zero-order valence-electron chi connectivity index (χ0n) is 13.0. The van der Waals surface area contributed by atoms with Crippen LogP contribution in [0.5, 0.6) is 5.75 Å². The molecule has 0 amide bonds. The topological polar surface area (TPSA) is 15.7 Å². The fraction of sp³-hybridized carbons (Fsp3) is 0.647. The molecule has 0 bridgehead atoms. The molecule has 20 heavy (non-hydrogen) atoms. The van der Waals surface area contributed by atoms with Gasteiger partial charge in [0, 0.05) is 38.3 Å². The average Bonchev–Trinajstić information content (AvgIpc) is 2.50. The van der Waals surface area contributed by atoms with Gasteiger partial charge in [0.25, 0.3) is 0 Å². The fourth-order valence-corrected chi connectivity index (χ4v) is 2.83. The van der Waals surface area contributed by atoms with Crippen LogP contribution in [0.15, 0.2) is 24.3 Å². The lowest BCUT2D eigenvalue weighted by molar-refractivity contribution is 0.125. The molecule has 1 heterocycles. The molecule has 1 fully saturated rings. The summed E-state index contributed by atoms with van der Waals surface area (Å²) in [5.74, 6) is 1.01. The predicted molar refractivity (Wildman–Crippen MR) is 84.2 cm³/mol. The molecule has 1 aromatic rings. The van der Waals surface area contributed by atoms with Crippen molar-refractivity contribution in [1.29, 1.82) is 0 Å². The summed E-state index contributed by atoms with van der Waals surface area (Å²) in [6.45, 7) is 9.31. The molecular weight excluding hydrogens is 248 g/mol. The van der Waals surface area contributed by atoms with E-state index in [1.54, 1.807) is 7.11 Å². The number of unbranched alkanes of at least 4 members (excludes halogenated alkanes) is 2. The zero-order chi connectivity index (χ0) is 14.2. The van der Waals surface area contributed by atoms with Gasteiger partial charge in [0.05, 0.1) is 7.11 Å². The van der Waals surface area contributed by atoms with Crippen LogP contribution < -0.4 is 4.74 Å². The largest absolute Gasteiger partial charge is 0.496 e. The van der Waals surface area contributed by atoms with Crippen molar-refractivity contribution >= 4 is 0 Å². The lowest BCUT2D eigenvalue weighted by Gasteiger charge is -2.34. The smallest absolute Gasteiger partial charge is 0.123 e. The summed E-state index contributed by atoms with van der Waals surface area (Å²) >= 11 is 0. The first kappa shape index (κ1) is 15.3. The van der Waals surface area contributed by atoms with E-state index in [9.17, 15) is 0 Å². The first-order valence-electron chi connectivity index (χ1n) is 7.90. The highest BCUT2D eigenvalue weighted by molar-refractivity contribution is 5.33. The Morgan fingerprint density at radius 3 is 2.40 bits per heavy atom. The quantitative estimate of drug-likeness (QED) is 0.712. The van der Waals surface area contributed by atoms with Crippen LogP contribution >= 0.6 is 0 Å². The number of ether oxygens (including phenoxy) is 1. The van der Waals surface area contributed by atoms with E-state index in [0.717, 1.165) is 12.3 Å². The van der Waals surface area contributed by atoms with E-state index < -0.39 is 0 Å². The van der Waals surface area contributed by atoms with Crippen molar-refractivity contribution in [1.82, 2.24) is 9.80 Å². The van der Waals surface area contributed by atoms with Gasteiger partial charge in [0.1, 0.15) is 5.75 Å². The van der Waals surface area contributed by atoms with Crippen LogP contribution in [0.3, 0.4) is 0 Å². The number of methoxy groups -OCH3 is 1. The monoisotopic (exact) mass is 276 g/mol. The minimum atomic E-state index is 1.01. The Kier molecular flexibility index (Phi) is 6.34. The summed E-state index contributed by atoms with van der Waals surface area (Å²) in [6, 6.07) is 8.36. The molecule has 1 saturated heterocycles. The first-order chi connectivity index (χ1) is 9.83. The molecule has 0 atom stereocenters. The molecule has 0 N–H and O–H groups in total. The predicted octanol–water partition coefficient (Wildman–Crippen LogP) is 3.00. The van der Waals surface area contributed by atoms with Crippen molar-refractivity contribution in [3.8, 4) is 5.75 Å². The van der Waals surface area contributed by atoms with Crippen LogP contribution in [0.4, 0.5) is 0 Å². The van der Waals surface area contributed by atoms with Gasteiger partial charge in [-0.1, -0.05) is 38.0 Å². The van der Waals surface area contributed by atoms with Crippen LogP contribution in [0.25, 0.3) is 0 Å². The Bertz CT molecular complexity index is 386. The molecule has 3 nitrogen and oxygen atoms in total. The van der Waals surface area contributed by atoms with E-state index in [-0.39, 0.29) is 0 Å². The maximum absolute atomic E-state index is 5.44. The van der Waals surface area contributed by atoms with Gasteiger partial charge < -0.3 is 9.64 Å². The van der Waals surface area contributed by atoms with Crippen molar-refractivity contribution < 1.29 is 4.74 Å². The molecule has 3 heteroatoms. The summed E-state index contributed by atoms with van der Waals surface area (Å²) < 4.78 is 5.44. The fourth-order valence-electron chi connectivity index (χ4n) is 2.83. The molecule has 0 unspecified atom stereocenters. The molecular formula is C17H28N2O. The second-order valence-corrected chi connectivity index (χ2v) is 5.64. The minimum Gasteiger partial charge on any atom is -0.496 e. The molecule has 1 aromatic carbocycles. The lowest BCUT2D eigenvalue weighted by Crippen LogP contribution is -2.46. The Hall–Kier alpha value is -1.06. The van der Waals surface area contributed by atoms with E-state index in [2.05, 4.69) is 34.9 Å². The molecule has 0 aliphatic carbocycles. The minimum absolute atomic E-state index is 1.01. The van der Waals surface area contributed by atoms with Gasteiger partial charge in [-0.25, -0.2) is 0 Å². The van der Waals surface area contributed by atoms with Gasteiger partial charge in [-0.3, -0.25) is 4.90 Å². The average molecular weight is 276 g/mol. The van der Waals surface area contributed by atoms with Gasteiger partial charge >= 0.3 is 0 Å². The van der Waals surface area contributed by atoms with Gasteiger partial charge in [0.15, 0.2) is 0 Å². The van der Waals surface area contributed by atoms with Crippen molar-refractivity contribution in [3.63, 3.8) is 0 Å². The third-order valence-electron chi connectivity index (χ3n) is 4.13. The van der Waals surface area contributed by atoms with Crippen molar-refractivity contribution in [2.45, 2.75) is 32.7 Å². The first-order valence-corrected chi connectivity index (χ1v) is 7.90. The van der Waals surface area contributed by atoms with E-state index in [1.807, 2.05) is 6.07 Å². The normalized spacial score (nSPS) is 17.3. The Morgan fingerprint density at radius 2 is 1.70 bits per heavy atom. The van der Waals surface area contributed by atoms with Crippen LogP contribution in [0.1, 0.15) is 31.7 Å². The van der Waals surface area contributed by atoms with E-state index in [1.165, 1.54) is 57.5 Å². The molecule has 0 saturated carbocycles. The number of benzene rings is 1. The molecule has 0 aromatic heterocycles. The molecule has 1 aliphatic heterocycles. The van der Waals surface area contributed by atoms with Crippen LogP contribution in [-0.2, 0) is 6.54 Å². The zero-order valence-corrected chi connectivity index (χ0v) is 13.0. The van der Waals surface area contributed by atoms with Crippen molar-refractivity contribution in [3.05, 3.63) is 29.8 Å². The lowest BCUT2D eigenvalue weighted by atomic mass is 10.1. The van der Waals surface area contributed by atoms with Crippen LogP contribution in [-0.4, -0.2) is 49.6 Å². The standard InChI is InChI=1S/C17H28N2O/c1-3-4-7-10-18-11-13-19(14-12-18)15-16-8-5-6-9-17(16)20-2/h5-6,8-9H,3-4,7,10-15H2,1-2H3. The Balaban J connectivity index is 1.76. The molecule has 0 radical (unpaired) electrons. The molecule has 112 valence electrons. The Morgan fingerprint density at radius 1 is 1.00 bits per heavy atom. The summed E-state index contributed by atoms with van der Waals surface area (Å²) in [5, 5.41) is 0. The third kappa shape index (κ3) is 4.50. The van der Waals surface area contributed by atoms with Crippen molar-refractivity contribution in [2.75, 3.05) is 39.8 Å². The van der Waals surface area contributed by atoms with Crippen molar-refractivity contribution in [2.24, 2.45) is 0 Å². The number of hydrogen-bond donors (Lipinski definition) is 0. The molecule has 0 spiro atoms. The summed E-state index contributed by atoms with van der Waals surface area (Å²) in [6.07, 6.45) is 4.03. The van der Waals surface area contributed by atoms with Gasteiger partial charge in [-0.15, -0.1) is 0 Å². The highest BCUT2D eigenvalue weighted by atomic mass is 16.5. The van der Waals surface area contributed by atoms with Crippen LogP contribution in [0, 0.1) is 0 Å². The SMILES string of the molecule is CCCCCN1CCN(Cc2ccccc2OC)CC1. The van der Waals surface area contributed by atoms with Gasteiger partial charge in [-0.05, 0) is 19.0 Å². The number of para-hydroxylation sites is 1. The number of rotatable bonds is 7. The third-order valence-corrected chi connectivity index (χ3v) is 4.13. The summed E-state index contributed by atoms with van der Waals surface area (Å²) in [5.41, 5.74) is 1.30.